The van der Waals surface area contributed by atoms with E-state index in [0.717, 1.165) is 17.6 Å². The summed E-state index contributed by atoms with van der Waals surface area (Å²) >= 11 is 6.00. The molecule has 2 fully saturated rings. The van der Waals surface area contributed by atoms with Gasteiger partial charge in [-0.3, -0.25) is 0 Å². The molecule has 0 amide bonds. The Bertz CT molecular complexity index is 446. The van der Waals surface area contributed by atoms with E-state index in [2.05, 4.69) is 29.3 Å². The minimum atomic E-state index is 0.689. The number of hydrogen-bond acceptors (Lipinski definition) is 2. The lowest BCUT2D eigenvalue weighted by Gasteiger charge is -2.35. The second-order valence-electron chi connectivity index (χ2n) is 6.01. The summed E-state index contributed by atoms with van der Waals surface area (Å²) in [5, 5.41) is 4.57. The van der Waals surface area contributed by atoms with Crippen molar-refractivity contribution in [3.05, 3.63) is 34.3 Å². The Morgan fingerprint density at radius 3 is 3.05 bits per heavy atom. The van der Waals surface area contributed by atoms with Crippen molar-refractivity contribution in [1.82, 2.24) is 10.2 Å². The molecule has 2 aliphatic rings. The van der Waals surface area contributed by atoms with E-state index in [1.807, 2.05) is 6.07 Å². The highest BCUT2D eigenvalue weighted by molar-refractivity contribution is 6.30. The van der Waals surface area contributed by atoms with Crippen LogP contribution < -0.4 is 5.32 Å². The number of fused-ring (bicyclic) bond motifs is 1. The molecule has 0 saturated carbocycles. The van der Waals surface area contributed by atoms with Crippen LogP contribution in [0.2, 0.25) is 5.02 Å². The van der Waals surface area contributed by atoms with Gasteiger partial charge in [0.15, 0.2) is 0 Å². The molecule has 2 saturated heterocycles. The quantitative estimate of drug-likeness (QED) is 0.912. The zero-order chi connectivity index (χ0) is 13.2. The van der Waals surface area contributed by atoms with Gasteiger partial charge >= 0.3 is 0 Å². The molecule has 2 aliphatic heterocycles. The average Bonchev–Trinajstić information content (AvgIpc) is 2.85. The van der Waals surface area contributed by atoms with Crippen molar-refractivity contribution in [3.63, 3.8) is 0 Å². The van der Waals surface area contributed by atoms with Gasteiger partial charge in [-0.1, -0.05) is 17.7 Å². The van der Waals surface area contributed by atoms with Crippen LogP contribution in [-0.4, -0.2) is 30.1 Å². The van der Waals surface area contributed by atoms with E-state index in [0.29, 0.717) is 6.04 Å². The van der Waals surface area contributed by atoms with Crippen LogP contribution >= 0.6 is 11.6 Å². The van der Waals surface area contributed by atoms with Crippen LogP contribution in [0.15, 0.2) is 18.2 Å². The number of halogens is 1. The summed E-state index contributed by atoms with van der Waals surface area (Å²) < 4.78 is 0. The molecule has 3 heteroatoms. The Morgan fingerprint density at radius 2 is 2.21 bits per heavy atom. The van der Waals surface area contributed by atoms with E-state index in [4.69, 9.17) is 11.6 Å². The van der Waals surface area contributed by atoms with Gasteiger partial charge in [-0.15, -0.1) is 0 Å². The highest BCUT2D eigenvalue weighted by Gasteiger charge is 2.31. The lowest BCUT2D eigenvalue weighted by molar-refractivity contribution is 0.166. The molecular weight excluding hydrogens is 256 g/mol. The van der Waals surface area contributed by atoms with Gasteiger partial charge in [0.05, 0.1) is 0 Å². The van der Waals surface area contributed by atoms with Crippen LogP contribution in [0.4, 0.5) is 0 Å². The van der Waals surface area contributed by atoms with Crippen LogP contribution in [0.1, 0.15) is 36.8 Å². The summed E-state index contributed by atoms with van der Waals surface area (Å²) in [5.74, 6) is 0. The standard InChI is InChI=1S/C16H23ClN2/c1-12-9-14(17)5-4-13(12)11-18-15-6-8-19-7-2-3-16(19)10-15/h4-5,9,15-16,18H,2-3,6-8,10-11H2,1H3. The lowest BCUT2D eigenvalue weighted by atomic mass is 9.97. The van der Waals surface area contributed by atoms with Crippen molar-refractivity contribution in [3.8, 4) is 0 Å². The molecule has 0 radical (unpaired) electrons. The fourth-order valence-corrected chi connectivity index (χ4v) is 3.75. The molecule has 2 atom stereocenters. The maximum Gasteiger partial charge on any atom is 0.0408 e. The van der Waals surface area contributed by atoms with E-state index >= 15 is 0 Å². The minimum absolute atomic E-state index is 0.689. The van der Waals surface area contributed by atoms with Gasteiger partial charge in [0.2, 0.25) is 0 Å². The van der Waals surface area contributed by atoms with E-state index in [9.17, 15) is 0 Å². The first-order valence-electron chi connectivity index (χ1n) is 7.45. The molecule has 3 rings (SSSR count). The molecule has 19 heavy (non-hydrogen) atoms. The topological polar surface area (TPSA) is 15.3 Å². The van der Waals surface area contributed by atoms with E-state index in [1.54, 1.807) is 0 Å². The molecular formula is C16H23ClN2. The monoisotopic (exact) mass is 278 g/mol. The first-order chi connectivity index (χ1) is 9.22. The maximum absolute atomic E-state index is 6.00. The van der Waals surface area contributed by atoms with Crippen LogP contribution in [0.5, 0.6) is 0 Å². The van der Waals surface area contributed by atoms with E-state index < -0.39 is 0 Å². The summed E-state index contributed by atoms with van der Waals surface area (Å²) in [7, 11) is 0. The first kappa shape index (κ1) is 13.4. The fraction of sp³-hybridized carbons (Fsp3) is 0.625. The molecule has 1 N–H and O–H groups in total. The van der Waals surface area contributed by atoms with Gasteiger partial charge < -0.3 is 10.2 Å². The Kier molecular flexibility index (Phi) is 4.11. The third-order valence-electron chi connectivity index (χ3n) is 4.71. The predicted octanol–water partition coefficient (Wildman–Crippen LogP) is 3.36. The lowest BCUT2D eigenvalue weighted by Crippen LogP contribution is -2.45. The van der Waals surface area contributed by atoms with Gasteiger partial charge in [-0.2, -0.15) is 0 Å². The van der Waals surface area contributed by atoms with Gasteiger partial charge in [-0.25, -0.2) is 0 Å². The number of nitrogens with zero attached hydrogens (tertiary/aromatic N) is 1. The van der Waals surface area contributed by atoms with Gasteiger partial charge in [-0.05, 0) is 69.0 Å². The predicted molar refractivity (Wildman–Crippen MR) is 80.6 cm³/mol. The number of aryl methyl sites for hydroxylation is 1. The van der Waals surface area contributed by atoms with Gasteiger partial charge in [0.25, 0.3) is 0 Å². The molecule has 0 spiro atoms. The molecule has 2 heterocycles. The summed E-state index contributed by atoms with van der Waals surface area (Å²) in [6.45, 7) is 5.72. The smallest absolute Gasteiger partial charge is 0.0408 e. The number of nitrogens with one attached hydrogen (secondary N) is 1. The summed E-state index contributed by atoms with van der Waals surface area (Å²) in [6.07, 6.45) is 5.42. The summed E-state index contributed by atoms with van der Waals surface area (Å²) in [6, 6.07) is 7.73. The average molecular weight is 279 g/mol. The third-order valence-corrected chi connectivity index (χ3v) is 4.94. The molecule has 0 aliphatic carbocycles. The van der Waals surface area contributed by atoms with E-state index in [-0.39, 0.29) is 0 Å². The number of benzene rings is 1. The van der Waals surface area contributed by atoms with Crippen molar-refractivity contribution in [2.24, 2.45) is 0 Å². The highest BCUT2D eigenvalue weighted by Crippen LogP contribution is 2.27. The molecule has 2 nitrogen and oxygen atoms in total. The summed E-state index contributed by atoms with van der Waals surface area (Å²) in [4.78, 5) is 2.67. The normalized spacial score (nSPS) is 27.5. The van der Waals surface area contributed by atoms with Crippen molar-refractivity contribution < 1.29 is 0 Å². The SMILES string of the molecule is Cc1cc(Cl)ccc1CNC1CCN2CCCC2C1. The third kappa shape index (κ3) is 3.13. The zero-order valence-corrected chi connectivity index (χ0v) is 12.4. The number of rotatable bonds is 3. The Balaban J connectivity index is 1.54. The highest BCUT2D eigenvalue weighted by atomic mass is 35.5. The fourth-order valence-electron chi connectivity index (χ4n) is 3.52. The number of hydrogen-bond donors (Lipinski definition) is 1. The van der Waals surface area contributed by atoms with Crippen molar-refractivity contribution in [2.75, 3.05) is 13.1 Å². The zero-order valence-electron chi connectivity index (χ0n) is 11.7. The first-order valence-corrected chi connectivity index (χ1v) is 7.82. The molecule has 104 valence electrons. The Morgan fingerprint density at radius 1 is 1.32 bits per heavy atom. The Labute approximate surface area is 121 Å². The van der Waals surface area contributed by atoms with Crippen LogP contribution in [0, 0.1) is 6.92 Å². The van der Waals surface area contributed by atoms with Crippen molar-refractivity contribution in [2.45, 2.75) is 51.2 Å². The van der Waals surface area contributed by atoms with Crippen LogP contribution in [-0.2, 0) is 6.54 Å². The minimum Gasteiger partial charge on any atom is -0.310 e. The largest absolute Gasteiger partial charge is 0.310 e. The Hall–Kier alpha value is -0.570. The van der Waals surface area contributed by atoms with E-state index in [1.165, 1.54) is 49.9 Å². The van der Waals surface area contributed by atoms with Crippen LogP contribution in [0.25, 0.3) is 0 Å². The second kappa shape index (κ2) is 5.82. The molecule has 1 aromatic carbocycles. The van der Waals surface area contributed by atoms with Crippen molar-refractivity contribution >= 4 is 11.6 Å². The van der Waals surface area contributed by atoms with Gasteiger partial charge in [0.1, 0.15) is 0 Å². The molecule has 2 unspecified atom stereocenters. The van der Waals surface area contributed by atoms with Gasteiger partial charge in [0, 0.05) is 23.7 Å². The van der Waals surface area contributed by atoms with Crippen molar-refractivity contribution in [1.29, 1.82) is 0 Å². The molecule has 0 bridgehead atoms. The molecule has 0 aromatic heterocycles. The van der Waals surface area contributed by atoms with Crippen LogP contribution in [0.3, 0.4) is 0 Å². The second-order valence-corrected chi connectivity index (χ2v) is 6.44. The molecule has 1 aromatic rings. The number of piperidine rings is 1. The maximum atomic E-state index is 6.00. The summed E-state index contributed by atoms with van der Waals surface area (Å²) in [5.41, 5.74) is 2.66.